The maximum atomic E-state index is 6.34. The average Bonchev–Trinajstić information content (AvgIpc) is 2.68. The van der Waals surface area contributed by atoms with Gasteiger partial charge in [-0.15, -0.1) is 0 Å². The zero-order valence-corrected chi connectivity index (χ0v) is 18.9. The van der Waals surface area contributed by atoms with E-state index in [2.05, 4.69) is 91.0 Å². The van der Waals surface area contributed by atoms with Crippen LogP contribution in [0.2, 0.25) is 0 Å². The van der Waals surface area contributed by atoms with Crippen molar-refractivity contribution in [3.63, 3.8) is 0 Å². The summed E-state index contributed by atoms with van der Waals surface area (Å²) in [6.07, 6.45) is 4.56. The Hall–Kier alpha value is -0.910. The fourth-order valence-electron chi connectivity index (χ4n) is 3.16. The fourth-order valence-corrected chi connectivity index (χ4v) is 4.30. The standard InChI is InChI=1S/C24H33IO2/c1-21(18-26-19-22-11-5-3-6-12-22)10-9-15-24(2,16-17-25)27-20-23-13-7-4-8-14-23/h3-8,11-14,21H,9-10,15-20H2,1-2H3/t21-,24+/m1/s1. The SMILES string of the molecule is C[C@H](CCC[C@@](C)(CCI)OCc1ccccc1)COCc1ccccc1. The second kappa shape index (κ2) is 12.5. The molecule has 2 aromatic carbocycles. The van der Waals surface area contributed by atoms with Crippen molar-refractivity contribution >= 4 is 22.6 Å². The van der Waals surface area contributed by atoms with Gasteiger partial charge in [-0.05, 0) is 43.2 Å². The van der Waals surface area contributed by atoms with Gasteiger partial charge in [0.05, 0.1) is 18.8 Å². The lowest BCUT2D eigenvalue weighted by atomic mass is 9.93. The van der Waals surface area contributed by atoms with Gasteiger partial charge in [-0.3, -0.25) is 0 Å². The van der Waals surface area contributed by atoms with E-state index in [1.807, 2.05) is 6.07 Å². The van der Waals surface area contributed by atoms with Gasteiger partial charge in [0.1, 0.15) is 0 Å². The van der Waals surface area contributed by atoms with E-state index < -0.39 is 0 Å². The van der Waals surface area contributed by atoms with Crippen molar-refractivity contribution in [3.8, 4) is 0 Å². The summed E-state index contributed by atoms with van der Waals surface area (Å²) in [5.41, 5.74) is 2.45. The second-order valence-electron chi connectivity index (χ2n) is 7.66. The van der Waals surface area contributed by atoms with Gasteiger partial charge >= 0.3 is 0 Å². The molecule has 3 heteroatoms. The number of benzene rings is 2. The maximum Gasteiger partial charge on any atom is 0.0724 e. The molecule has 0 fully saturated rings. The largest absolute Gasteiger partial charge is 0.376 e. The van der Waals surface area contributed by atoms with Crippen LogP contribution >= 0.6 is 22.6 Å². The summed E-state index contributed by atoms with van der Waals surface area (Å²) in [4.78, 5) is 0. The Labute approximate surface area is 178 Å². The van der Waals surface area contributed by atoms with Crippen molar-refractivity contribution in [2.24, 2.45) is 5.92 Å². The monoisotopic (exact) mass is 480 g/mol. The van der Waals surface area contributed by atoms with Crippen molar-refractivity contribution in [2.75, 3.05) is 11.0 Å². The lowest BCUT2D eigenvalue weighted by Crippen LogP contribution is -2.29. The molecule has 0 bridgehead atoms. The molecule has 0 N–H and O–H groups in total. The Balaban J connectivity index is 1.67. The minimum Gasteiger partial charge on any atom is -0.376 e. The molecule has 0 unspecified atom stereocenters. The molecular formula is C24H33IO2. The van der Waals surface area contributed by atoms with E-state index in [1.165, 1.54) is 24.0 Å². The van der Waals surface area contributed by atoms with E-state index in [0.29, 0.717) is 19.1 Å². The predicted octanol–water partition coefficient (Wildman–Crippen LogP) is 6.81. The minimum absolute atomic E-state index is 0.0400. The number of hydrogen-bond donors (Lipinski definition) is 0. The molecule has 0 heterocycles. The topological polar surface area (TPSA) is 18.5 Å². The number of halogens is 1. The van der Waals surface area contributed by atoms with Gasteiger partial charge < -0.3 is 9.47 Å². The highest BCUT2D eigenvalue weighted by Gasteiger charge is 2.24. The van der Waals surface area contributed by atoms with Gasteiger partial charge in [-0.1, -0.05) is 96.6 Å². The Morgan fingerprint density at radius 1 is 0.889 bits per heavy atom. The molecule has 0 aliphatic rings. The van der Waals surface area contributed by atoms with Crippen molar-refractivity contribution in [1.82, 2.24) is 0 Å². The first-order chi connectivity index (χ1) is 13.1. The van der Waals surface area contributed by atoms with Gasteiger partial charge in [0.15, 0.2) is 0 Å². The van der Waals surface area contributed by atoms with E-state index in [-0.39, 0.29) is 5.60 Å². The van der Waals surface area contributed by atoms with Crippen molar-refractivity contribution < 1.29 is 9.47 Å². The normalized spacial score (nSPS) is 14.6. The minimum atomic E-state index is -0.0400. The number of ether oxygens (including phenoxy) is 2. The van der Waals surface area contributed by atoms with E-state index in [1.54, 1.807) is 0 Å². The third kappa shape index (κ3) is 9.22. The van der Waals surface area contributed by atoms with Crippen LogP contribution in [0.4, 0.5) is 0 Å². The van der Waals surface area contributed by atoms with Crippen LogP contribution in [0.1, 0.15) is 50.7 Å². The molecule has 2 atom stereocenters. The molecular weight excluding hydrogens is 447 g/mol. The van der Waals surface area contributed by atoms with E-state index in [9.17, 15) is 0 Å². The summed E-state index contributed by atoms with van der Waals surface area (Å²) in [7, 11) is 0. The highest BCUT2D eigenvalue weighted by molar-refractivity contribution is 14.1. The third-order valence-electron chi connectivity index (χ3n) is 4.97. The van der Waals surface area contributed by atoms with Crippen LogP contribution in [0.15, 0.2) is 60.7 Å². The molecule has 2 rings (SSSR count). The Morgan fingerprint density at radius 2 is 1.48 bits per heavy atom. The summed E-state index contributed by atoms with van der Waals surface area (Å²) in [5.74, 6) is 0.576. The number of hydrogen-bond acceptors (Lipinski definition) is 2. The van der Waals surface area contributed by atoms with Crippen molar-refractivity contribution in [2.45, 2.75) is 58.3 Å². The van der Waals surface area contributed by atoms with Crippen LogP contribution in [-0.2, 0) is 22.7 Å². The number of alkyl halides is 1. The summed E-state index contributed by atoms with van der Waals surface area (Å²) in [6, 6.07) is 20.9. The summed E-state index contributed by atoms with van der Waals surface area (Å²) < 4.78 is 13.3. The molecule has 0 aromatic heterocycles. The highest BCUT2D eigenvalue weighted by Crippen LogP contribution is 2.27. The molecule has 27 heavy (non-hydrogen) atoms. The summed E-state index contributed by atoms with van der Waals surface area (Å²) >= 11 is 2.46. The van der Waals surface area contributed by atoms with Gasteiger partial charge in [0.2, 0.25) is 0 Å². The molecule has 0 aliphatic carbocycles. The van der Waals surface area contributed by atoms with Crippen LogP contribution in [-0.4, -0.2) is 16.6 Å². The lowest BCUT2D eigenvalue weighted by molar-refractivity contribution is -0.0526. The van der Waals surface area contributed by atoms with Crippen LogP contribution in [0.5, 0.6) is 0 Å². The fraction of sp³-hybridized carbons (Fsp3) is 0.500. The third-order valence-corrected chi connectivity index (χ3v) is 5.51. The van der Waals surface area contributed by atoms with E-state index in [0.717, 1.165) is 23.9 Å². The van der Waals surface area contributed by atoms with Gasteiger partial charge in [0.25, 0.3) is 0 Å². The lowest BCUT2D eigenvalue weighted by Gasteiger charge is -2.30. The summed E-state index contributed by atoms with van der Waals surface area (Å²) in [6.45, 7) is 6.78. The zero-order chi connectivity index (χ0) is 19.4. The second-order valence-corrected chi connectivity index (χ2v) is 8.74. The van der Waals surface area contributed by atoms with Crippen molar-refractivity contribution in [1.29, 1.82) is 0 Å². The van der Waals surface area contributed by atoms with E-state index in [4.69, 9.17) is 9.47 Å². The van der Waals surface area contributed by atoms with E-state index >= 15 is 0 Å². The smallest absolute Gasteiger partial charge is 0.0724 e. The first-order valence-corrected chi connectivity index (χ1v) is 11.5. The molecule has 0 amide bonds. The molecule has 0 aliphatic heterocycles. The molecule has 0 radical (unpaired) electrons. The van der Waals surface area contributed by atoms with Crippen LogP contribution in [0, 0.1) is 5.92 Å². The van der Waals surface area contributed by atoms with Crippen LogP contribution in [0.3, 0.4) is 0 Å². The Morgan fingerprint density at radius 3 is 2.07 bits per heavy atom. The van der Waals surface area contributed by atoms with Crippen LogP contribution < -0.4 is 0 Å². The van der Waals surface area contributed by atoms with Crippen molar-refractivity contribution in [3.05, 3.63) is 71.8 Å². The average molecular weight is 480 g/mol. The number of rotatable bonds is 13. The molecule has 0 saturated heterocycles. The quantitative estimate of drug-likeness (QED) is 0.232. The predicted molar refractivity (Wildman–Crippen MR) is 122 cm³/mol. The summed E-state index contributed by atoms with van der Waals surface area (Å²) in [5, 5.41) is 0. The zero-order valence-electron chi connectivity index (χ0n) is 16.7. The van der Waals surface area contributed by atoms with Gasteiger partial charge in [-0.2, -0.15) is 0 Å². The Bertz CT molecular complexity index is 617. The highest BCUT2D eigenvalue weighted by atomic mass is 127. The first-order valence-electron chi connectivity index (χ1n) is 9.97. The molecule has 0 spiro atoms. The van der Waals surface area contributed by atoms with Gasteiger partial charge in [0, 0.05) is 11.0 Å². The molecule has 148 valence electrons. The Kier molecular flexibility index (Phi) is 10.4. The maximum absolute atomic E-state index is 6.34. The molecule has 0 saturated carbocycles. The molecule has 2 nitrogen and oxygen atoms in total. The first kappa shape index (κ1) is 22.4. The van der Waals surface area contributed by atoms with Gasteiger partial charge in [-0.25, -0.2) is 0 Å². The molecule has 2 aromatic rings. The van der Waals surface area contributed by atoms with Crippen LogP contribution in [0.25, 0.3) is 0 Å².